The van der Waals surface area contributed by atoms with E-state index in [1.807, 2.05) is 0 Å². The molecule has 1 aliphatic rings. The fourth-order valence-electron chi connectivity index (χ4n) is 4.50. The number of fused-ring (bicyclic) bond motifs is 1. The van der Waals surface area contributed by atoms with Gasteiger partial charge in [0.05, 0.1) is 0 Å². The van der Waals surface area contributed by atoms with Crippen LogP contribution in [0.25, 0.3) is 5.20 Å². The zero-order valence-corrected chi connectivity index (χ0v) is 17.9. The molecule has 0 nitrogen and oxygen atoms in total. The maximum absolute atomic E-state index is 2.52. The van der Waals surface area contributed by atoms with Gasteiger partial charge in [-0.3, -0.25) is 0 Å². The Morgan fingerprint density at radius 1 is 0.667 bits per heavy atom. The average Bonchev–Trinajstić information content (AvgIpc) is 2.91. The molecular formula is C26H27Si. The van der Waals surface area contributed by atoms with Gasteiger partial charge >= 0.3 is 0 Å². The van der Waals surface area contributed by atoms with Crippen LogP contribution in [0.5, 0.6) is 0 Å². The fraction of sp³-hybridized carbons (Fsp3) is 0.231. The Kier molecular flexibility index (Phi) is 4.65. The van der Waals surface area contributed by atoms with Crippen molar-refractivity contribution in [2.24, 2.45) is 0 Å². The highest BCUT2D eigenvalue weighted by Crippen LogP contribution is 2.36. The highest BCUT2D eigenvalue weighted by Gasteiger charge is 2.30. The lowest BCUT2D eigenvalue weighted by Crippen LogP contribution is -2.44. The highest BCUT2D eigenvalue weighted by molar-refractivity contribution is 6.99. The molecule has 0 aromatic heterocycles. The van der Waals surface area contributed by atoms with Crippen LogP contribution in [0, 0.1) is 27.7 Å². The van der Waals surface area contributed by atoms with Gasteiger partial charge in [-0.05, 0) is 49.9 Å². The van der Waals surface area contributed by atoms with E-state index < -0.39 is 8.80 Å². The topological polar surface area (TPSA) is 0 Å². The fourth-order valence-corrected chi connectivity index (χ4v) is 7.86. The molecule has 3 aromatic rings. The minimum atomic E-state index is -1.05. The van der Waals surface area contributed by atoms with Crippen LogP contribution < -0.4 is 10.4 Å². The third-order valence-corrected chi connectivity index (χ3v) is 8.15. The summed E-state index contributed by atoms with van der Waals surface area (Å²) in [5.74, 6) is 0.494. The molecule has 0 saturated heterocycles. The summed E-state index contributed by atoms with van der Waals surface area (Å²) < 4.78 is 0. The number of hydrogen-bond donors (Lipinski definition) is 0. The van der Waals surface area contributed by atoms with E-state index in [9.17, 15) is 0 Å². The molecule has 1 aliphatic carbocycles. The van der Waals surface area contributed by atoms with Crippen LogP contribution in [-0.2, 0) is 0 Å². The van der Waals surface area contributed by atoms with Gasteiger partial charge in [0.1, 0.15) is 0 Å². The van der Waals surface area contributed by atoms with Gasteiger partial charge in [0.15, 0.2) is 8.80 Å². The molecule has 135 valence electrons. The second-order valence-electron chi connectivity index (χ2n) is 8.08. The molecule has 1 atom stereocenters. The van der Waals surface area contributed by atoms with Gasteiger partial charge < -0.3 is 0 Å². The summed E-state index contributed by atoms with van der Waals surface area (Å²) >= 11 is 0. The maximum atomic E-state index is 2.52. The van der Waals surface area contributed by atoms with Crippen LogP contribution in [0.2, 0.25) is 0 Å². The molecule has 1 unspecified atom stereocenters. The SMILES string of the molecule is Cc1cc(C)cc([Si](C2=CC(C)c3ccccc32)c2cc(C)cc(C)c2)c1. The van der Waals surface area contributed by atoms with Gasteiger partial charge in [0.25, 0.3) is 0 Å². The van der Waals surface area contributed by atoms with Gasteiger partial charge in [-0.15, -0.1) is 0 Å². The molecule has 0 saturated carbocycles. The minimum Gasteiger partial charge on any atom is -0.0768 e. The number of benzene rings is 3. The lowest BCUT2D eigenvalue weighted by atomic mass is 10.0. The Balaban J connectivity index is 1.96. The summed E-state index contributed by atoms with van der Waals surface area (Å²) in [6.45, 7) is 11.2. The average molecular weight is 368 g/mol. The molecule has 0 amide bonds. The van der Waals surface area contributed by atoms with E-state index in [1.54, 1.807) is 5.20 Å². The summed E-state index contributed by atoms with van der Waals surface area (Å²) in [5, 5.41) is 4.55. The van der Waals surface area contributed by atoms with Crippen molar-refractivity contribution < 1.29 is 0 Å². The summed E-state index contributed by atoms with van der Waals surface area (Å²) in [5.41, 5.74) is 8.36. The second-order valence-corrected chi connectivity index (χ2v) is 10.5. The summed E-state index contributed by atoms with van der Waals surface area (Å²) in [4.78, 5) is 0. The van der Waals surface area contributed by atoms with Crippen LogP contribution in [0.15, 0.2) is 66.7 Å². The van der Waals surface area contributed by atoms with Gasteiger partial charge in [-0.25, -0.2) is 0 Å². The van der Waals surface area contributed by atoms with Crippen molar-refractivity contribution in [2.45, 2.75) is 40.5 Å². The molecular weight excluding hydrogens is 340 g/mol. The number of rotatable bonds is 3. The Labute approximate surface area is 165 Å². The molecule has 0 heterocycles. The summed E-state index contributed by atoms with van der Waals surface area (Å²) in [6, 6.07) is 23.2. The number of allylic oxidation sites excluding steroid dienone is 1. The molecule has 0 aliphatic heterocycles. The largest absolute Gasteiger partial charge is 0.154 e. The van der Waals surface area contributed by atoms with Crippen LogP contribution in [0.1, 0.15) is 46.2 Å². The molecule has 4 rings (SSSR count). The molecule has 1 radical (unpaired) electrons. The van der Waals surface area contributed by atoms with Crippen LogP contribution in [0.3, 0.4) is 0 Å². The Bertz CT molecular complexity index is 950. The number of aryl methyl sites for hydroxylation is 4. The Morgan fingerprint density at radius 3 is 1.67 bits per heavy atom. The van der Waals surface area contributed by atoms with Crippen molar-refractivity contribution in [3.05, 3.63) is 100 Å². The molecule has 0 spiro atoms. The van der Waals surface area contributed by atoms with E-state index in [0.29, 0.717) is 5.92 Å². The van der Waals surface area contributed by atoms with Crippen LogP contribution >= 0.6 is 0 Å². The Morgan fingerprint density at radius 2 is 1.15 bits per heavy atom. The zero-order chi connectivity index (χ0) is 19.1. The lowest BCUT2D eigenvalue weighted by Gasteiger charge is -2.21. The molecule has 0 fully saturated rings. The molecule has 1 heteroatoms. The first-order valence-corrected chi connectivity index (χ1v) is 11.3. The van der Waals surface area contributed by atoms with Crippen molar-refractivity contribution in [1.29, 1.82) is 0 Å². The maximum Gasteiger partial charge on any atom is 0.154 e. The molecule has 0 bridgehead atoms. The van der Waals surface area contributed by atoms with E-state index in [1.165, 1.54) is 43.8 Å². The predicted molar refractivity (Wildman–Crippen MR) is 120 cm³/mol. The van der Waals surface area contributed by atoms with Gasteiger partial charge in [0.2, 0.25) is 0 Å². The highest BCUT2D eigenvalue weighted by atomic mass is 28.3. The standard InChI is InChI=1S/C26H27Si/c1-17-10-18(2)13-22(12-17)27(23-14-19(3)11-20(4)15-23)26-16-21(5)24-8-6-7-9-25(24)26/h6-16,21H,1-5H3. The van der Waals surface area contributed by atoms with Gasteiger partial charge in [0, 0.05) is 0 Å². The first-order valence-electron chi connectivity index (χ1n) is 9.78. The molecule has 3 aromatic carbocycles. The van der Waals surface area contributed by atoms with Crippen molar-refractivity contribution in [2.75, 3.05) is 0 Å². The van der Waals surface area contributed by atoms with Crippen molar-refractivity contribution in [1.82, 2.24) is 0 Å². The first-order chi connectivity index (χ1) is 12.9. The van der Waals surface area contributed by atoms with E-state index in [0.717, 1.165) is 0 Å². The van der Waals surface area contributed by atoms with E-state index in [-0.39, 0.29) is 0 Å². The smallest absolute Gasteiger partial charge is 0.0768 e. The second kappa shape index (κ2) is 6.98. The normalized spacial score (nSPS) is 15.8. The van der Waals surface area contributed by atoms with E-state index in [4.69, 9.17) is 0 Å². The Hall–Kier alpha value is -2.38. The van der Waals surface area contributed by atoms with Crippen LogP contribution in [-0.4, -0.2) is 8.80 Å². The minimum absolute atomic E-state index is 0.494. The zero-order valence-electron chi connectivity index (χ0n) is 16.9. The third kappa shape index (κ3) is 3.44. The van der Waals surface area contributed by atoms with Crippen LogP contribution in [0.4, 0.5) is 0 Å². The van der Waals surface area contributed by atoms with E-state index in [2.05, 4.69) is 101 Å². The van der Waals surface area contributed by atoms with Crippen molar-refractivity contribution in [3.63, 3.8) is 0 Å². The third-order valence-electron chi connectivity index (χ3n) is 5.45. The van der Waals surface area contributed by atoms with Gasteiger partial charge in [-0.2, -0.15) is 0 Å². The van der Waals surface area contributed by atoms with Crippen molar-refractivity contribution >= 4 is 24.4 Å². The predicted octanol–water partition coefficient (Wildman–Crippen LogP) is 5.27. The van der Waals surface area contributed by atoms with E-state index >= 15 is 0 Å². The quantitative estimate of drug-likeness (QED) is 0.553. The summed E-state index contributed by atoms with van der Waals surface area (Å²) in [6.07, 6.45) is 2.52. The monoisotopic (exact) mass is 367 g/mol. The first kappa shape index (κ1) is 18.0. The van der Waals surface area contributed by atoms with Crippen molar-refractivity contribution in [3.8, 4) is 0 Å². The summed E-state index contributed by atoms with van der Waals surface area (Å²) in [7, 11) is -1.05. The lowest BCUT2D eigenvalue weighted by molar-refractivity contribution is 0.990. The number of hydrogen-bond acceptors (Lipinski definition) is 0. The van der Waals surface area contributed by atoms with Gasteiger partial charge in [-0.1, -0.05) is 106 Å². The molecule has 0 N–H and O–H groups in total. The molecule has 27 heavy (non-hydrogen) atoms.